The average molecular weight is 562 g/mol. The van der Waals surface area contributed by atoms with Crippen LogP contribution in [0.1, 0.15) is 38.3 Å². The number of benzene rings is 1. The van der Waals surface area contributed by atoms with E-state index in [1.165, 1.54) is 25.9 Å². The van der Waals surface area contributed by atoms with Crippen molar-refractivity contribution < 1.29 is 9.13 Å². The molecule has 0 aliphatic carbocycles. The molecule has 2 N–H and O–H groups in total. The molecule has 2 aliphatic heterocycles. The number of guanidine groups is 1. The molecule has 0 aromatic heterocycles. The van der Waals surface area contributed by atoms with Gasteiger partial charge in [0.2, 0.25) is 0 Å². The standard InChI is InChI=1S/C24H40FN5O.HI/c1-19(2)17-29-10-4-5-20(18-29)15-27-24(26-3)28-16-23(30-11-13-31-14-12-30)21-6-8-22(25)9-7-21;/h6-9,19-20,23H,4-5,10-18H2,1-3H3,(H2,26,27,28);1H. The lowest BCUT2D eigenvalue weighted by Gasteiger charge is -2.35. The molecule has 32 heavy (non-hydrogen) atoms. The molecule has 2 aliphatic rings. The summed E-state index contributed by atoms with van der Waals surface area (Å²) in [5.41, 5.74) is 1.11. The Hall–Kier alpha value is -0.970. The summed E-state index contributed by atoms with van der Waals surface area (Å²) in [4.78, 5) is 9.44. The molecule has 0 bridgehead atoms. The maximum absolute atomic E-state index is 13.5. The third-order valence-electron chi connectivity index (χ3n) is 6.21. The quantitative estimate of drug-likeness (QED) is 0.290. The minimum Gasteiger partial charge on any atom is -0.379 e. The second kappa shape index (κ2) is 14.3. The largest absolute Gasteiger partial charge is 0.379 e. The number of nitrogens with one attached hydrogen (secondary N) is 2. The number of hydrogen-bond donors (Lipinski definition) is 2. The smallest absolute Gasteiger partial charge is 0.191 e. The molecule has 2 heterocycles. The summed E-state index contributed by atoms with van der Waals surface area (Å²) in [6.45, 7) is 13.0. The van der Waals surface area contributed by atoms with Crippen molar-refractivity contribution in [3.05, 3.63) is 35.6 Å². The number of morpholine rings is 1. The van der Waals surface area contributed by atoms with Crippen LogP contribution in [0.25, 0.3) is 0 Å². The molecule has 8 heteroatoms. The summed E-state index contributed by atoms with van der Waals surface area (Å²) in [5, 5.41) is 7.05. The summed E-state index contributed by atoms with van der Waals surface area (Å²) in [7, 11) is 1.82. The Bertz CT molecular complexity index is 681. The second-order valence-electron chi connectivity index (χ2n) is 9.21. The second-order valence-corrected chi connectivity index (χ2v) is 9.21. The molecule has 182 valence electrons. The third kappa shape index (κ3) is 8.76. The highest BCUT2D eigenvalue weighted by molar-refractivity contribution is 14.0. The van der Waals surface area contributed by atoms with E-state index in [0.29, 0.717) is 11.8 Å². The first-order valence-corrected chi connectivity index (χ1v) is 11.8. The molecular formula is C24H41FIN5O. The Morgan fingerprint density at radius 3 is 2.53 bits per heavy atom. The van der Waals surface area contributed by atoms with Gasteiger partial charge in [-0.2, -0.15) is 0 Å². The van der Waals surface area contributed by atoms with Crippen LogP contribution in [0.3, 0.4) is 0 Å². The monoisotopic (exact) mass is 561 g/mol. The van der Waals surface area contributed by atoms with Crippen molar-refractivity contribution in [2.75, 3.05) is 66.1 Å². The predicted molar refractivity (Wildman–Crippen MR) is 140 cm³/mol. The molecule has 0 spiro atoms. The van der Waals surface area contributed by atoms with Crippen molar-refractivity contribution in [3.63, 3.8) is 0 Å². The van der Waals surface area contributed by atoms with Crippen LogP contribution in [0.5, 0.6) is 0 Å². The molecule has 2 fully saturated rings. The van der Waals surface area contributed by atoms with Crippen molar-refractivity contribution in [2.24, 2.45) is 16.8 Å². The van der Waals surface area contributed by atoms with Gasteiger partial charge in [-0.05, 0) is 48.9 Å². The normalized spacial score (nSPS) is 21.8. The van der Waals surface area contributed by atoms with Gasteiger partial charge in [0.1, 0.15) is 5.82 Å². The van der Waals surface area contributed by atoms with Crippen LogP contribution in [0, 0.1) is 17.7 Å². The Morgan fingerprint density at radius 2 is 1.88 bits per heavy atom. The third-order valence-corrected chi connectivity index (χ3v) is 6.21. The minimum atomic E-state index is -0.200. The summed E-state index contributed by atoms with van der Waals surface area (Å²) in [5.74, 6) is 2.00. The number of aliphatic imine (C=N–C) groups is 1. The van der Waals surface area contributed by atoms with Crippen molar-refractivity contribution in [1.29, 1.82) is 0 Å². The fourth-order valence-electron chi connectivity index (χ4n) is 4.69. The van der Waals surface area contributed by atoms with Crippen LogP contribution < -0.4 is 10.6 Å². The van der Waals surface area contributed by atoms with Gasteiger partial charge in [-0.15, -0.1) is 24.0 Å². The summed E-state index contributed by atoms with van der Waals surface area (Å²) < 4.78 is 19.0. The number of likely N-dealkylation sites (tertiary alicyclic amines) is 1. The van der Waals surface area contributed by atoms with Gasteiger partial charge in [0.25, 0.3) is 0 Å². The SMILES string of the molecule is CN=C(NCC1CCCN(CC(C)C)C1)NCC(c1ccc(F)cc1)N1CCOCC1.I. The molecule has 1 aromatic carbocycles. The van der Waals surface area contributed by atoms with E-state index in [4.69, 9.17) is 4.74 Å². The lowest BCUT2D eigenvalue weighted by molar-refractivity contribution is 0.0170. The Kier molecular flexibility index (Phi) is 12.2. The maximum Gasteiger partial charge on any atom is 0.191 e. The number of piperidine rings is 1. The van der Waals surface area contributed by atoms with Gasteiger partial charge in [-0.25, -0.2) is 4.39 Å². The molecular weight excluding hydrogens is 520 g/mol. The van der Waals surface area contributed by atoms with E-state index in [-0.39, 0.29) is 35.8 Å². The van der Waals surface area contributed by atoms with E-state index in [1.54, 1.807) is 12.1 Å². The van der Waals surface area contributed by atoms with Gasteiger partial charge in [0.05, 0.1) is 19.3 Å². The summed E-state index contributed by atoms with van der Waals surface area (Å²) in [6.07, 6.45) is 2.54. The first kappa shape index (κ1) is 27.3. The zero-order valence-electron chi connectivity index (χ0n) is 19.9. The predicted octanol–water partition coefficient (Wildman–Crippen LogP) is 3.35. The van der Waals surface area contributed by atoms with E-state index in [2.05, 4.69) is 39.3 Å². The van der Waals surface area contributed by atoms with Crippen LogP contribution in [0.4, 0.5) is 4.39 Å². The van der Waals surface area contributed by atoms with Crippen LogP contribution in [-0.2, 0) is 4.74 Å². The fraction of sp³-hybridized carbons (Fsp3) is 0.708. The van der Waals surface area contributed by atoms with Gasteiger partial charge in [-0.3, -0.25) is 9.89 Å². The molecule has 2 atom stereocenters. The molecule has 2 saturated heterocycles. The first-order chi connectivity index (χ1) is 15.0. The molecule has 0 radical (unpaired) electrons. The van der Waals surface area contributed by atoms with Crippen LogP contribution in [0.2, 0.25) is 0 Å². The minimum absolute atomic E-state index is 0. The number of halogens is 2. The Labute approximate surface area is 210 Å². The molecule has 0 amide bonds. The molecule has 3 rings (SSSR count). The number of rotatable bonds is 8. The van der Waals surface area contributed by atoms with Gasteiger partial charge in [-0.1, -0.05) is 26.0 Å². The number of ether oxygens (including phenoxy) is 1. The highest BCUT2D eigenvalue weighted by Gasteiger charge is 2.24. The van der Waals surface area contributed by atoms with Crippen molar-refractivity contribution >= 4 is 29.9 Å². The summed E-state index contributed by atoms with van der Waals surface area (Å²) in [6, 6.07) is 7.01. The van der Waals surface area contributed by atoms with Crippen LogP contribution in [-0.4, -0.2) is 81.8 Å². The summed E-state index contributed by atoms with van der Waals surface area (Å²) >= 11 is 0. The molecule has 2 unspecified atom stereocenters. The van der Waals surface area contributed by atoms with Crippen LogP contribution >= 0.6 is 24.0 Å². The Morgan fingerprint density at radius 1 is 1.16 bits per heavy atom. The first-order valence-electron chi connectivity index (χ1n) is 11.8. The van der Waals surface area contributed by atoms with Crippen molar-refractivity contribution in [2.45, 2.75) is 32.7 Å². The van der Waals surface area contributed by atoms with Gasteiger partial charge in [0.15, 0.2) is 5.96 Å². The highest BCUT2D eigenvalue weighted by atomic mass is 127. The lowest BCUT2D eigenvalue weighted by atomic mass is 9.97. The van der Waals surface area contributed by atoms with E-state index >= 15 is 0 Å². The lowest BCUT2D eigenvalue weighted by Crippen LogP contribution is -2.48. The van der Waals surface area contributed by atoms with Crippen LogP contribution in [0.15, 0.2) is 29.3 Å². The van der Waals surface area contributed by atoms with Gasteiger partial charge >= 0.3 is 0 Å². The van der Waals surface area contributed by atoms with E-state index in [1.807, 2.05) is 19.2 Å². The average Bonchev–Trinajstić information content (AvgIpc) is 2.77. The fourth-order valence-corrected chi connectivity index (χ4v) is 4.69. The molecule has 1 aromatic rings. The van der Waals surface area contributed by atoms with E-state index in [0.717, 1.165) is 57.5 Å². The van der Waals surface area contributed by atoms with Gasteiger partial charge < -0.3 is 20.3 Å². The topological polar surface area (TPSA) is 52.1 Å². The zero-order valence-corrected chi connectivity index (χ0v) is 22.2. The highest BCUT2D eigenvalue weighted by Crippen LogP contribution is 2.22. The number of nitrogens with zero attached hydrogens (tertiary/aromatic N) is 3. The molecule has 6 nitrogen and oxygen atoms in total. The van der Waals surface area contributed by atoms with E-state index in [9.17, 15) is 4.39 Å². The molecule has 0 saturated carbocycles. The van der Waals surface area contributed by atoms with Gasteiger partial charge in [0, 0.05) is 46.3 Å². The Balaban J connectivity index is 0.00000363. The van der Waals surface area contributed by atoms with E-state index < -0.39 is 0 Å². The maximum atomic E-state index is 13.5. The number of hydrogen-bond acceptors (Lipinski definition) is 4. The van der Waals surface area contributed by atoms with Crippen molar-refractivity contribution in [1.82, 2.24) is 20.4 Å². The van der Waals surface area contributed by atoms with Crippen molar-refractivity contribution in [3.8, 4) is 0 Å². The zero-order chi connectivity index (χ0) is 22.1.